The van der Waals surface area contributed by atoms with Crippen LogP contribution in [0.2, 0.25) is 0 Å². The number of anilines is 1. The molecule has 0 bridgehead atoms. The summed E-state index contributed by atoms with van der Waals surface area (Å²) in [5, 5.41) is 5.40. The van der Waals surface area contributed by atoms with Gasteiger partial charge in [0.25, 0.3) is 5.91 Å². The van der Waals surface area contributed by atoms with Gasteiger partial charge in [0.2, 0.25) is 5.91 Å². The molecule has 0 aliphatic carbocycles. The summed E-state index contributed by atoms with van der Waals surface area (Å²) in [7, 11) is 0. The second-order valence-corrected chi connectivity index (χ2v) is 5.65. The predicted octanol–water partition coefficient (Wildman–Crippen LogP) is 2.68. The monoisotopic (exact) mass is 318 g/mol. The smallest absolute Gasteiger partial charge is 0.286 e. The van der Waals surface area contributed by atoms with Gasteiger partial charge in [-0.2, -0.15) is 0 Å². The Hall–Kier alpha value is -2.08. The summed E-state index contributed by atoms with van der Waals surface area (Å²) < 4.78 is 5.44. The van der Waals surface area contributed by atoms with Crippen LogP contribution >= 0.6 is 0 Å². The molecule has 0 saturated heterocycles. The van der Waals surface area contributed by atoms with Crippen molar-refractivity contribution in [2.75, 3.05) is 18.5 Å². The standard InChI is InChI=1S/C17H22N2O4/c1-3-23-9-8-14-11(2)17-13(5-6-15(20)18-17)10-12(14)4-7-16(21)19-22/h10H,3-9H2,1-2H3,(H,18,20). The van der Waals surface area contributed by atoms with E-state index in [-0.39, 0.29) is 12.3 Å². The van der Waals surface area contributed by atoms with Crippen LogP contribution in [0, 0.1) is 11.8 Å². The molecule has 6 heteroatoms. The molecule has 0 radical (unpaired) electrons. The van der Waals surface area contributed by atoms with Crippen LogP contribution in [0.5, 0.6) is 0 Å². The number of fused-ring (bicyclic) bond motifs is 1. The minimum atomic E-state index is -0.635. The number of nitroso groups, excluding NO2 is 1. The van der Waals surface area contributed by atoms with Crippen LogP contribution in [0.3, 0.4) is 0 Å². The number of nitrogens with zero attached hydrogens (tertiary/aromatic N) is 1. The number of nitrogens with one attached hydrogen (secondary N) is 1. The van der Waals surface area contributed by atoms with Gasteiger partial charge < -0.3 is 10.1 Å². The van der Waals surface area contributed by atoms with Crippen LogP contribution in [0.25, 0.3) is 0 Å². The summed E-state index contributed by atoms with van der Waals surface area (Å²) in [5.74, 6) is -0.603. The van der Waals surface area contributed by atoms with Gasteiger partial charge in [-0.05, 0) is 55.4 Å². The molecule has 1 aromatic rings. The Bertz CT molecular complexity index is 626. The van der Waals surface area contributed by atoms with E-state index in [9.17, 15) is 14.5 Å². The minimum absolute atomic E-state index is 0.0319. The zero-order valence-corrected chi connectivity index (χ0v) is 13.6. The number of hydrogen-bond donors (Lipinski definition) is 1. The third kappa shape index (κ3) is 4.22. The van der Waals surface area contributed by atoms with Crippen LogP contribution in [0.4, 0.5) is 5.69 Å². The van der Waals surface area contributed by atoms with Gasteiger partial charge in [0.1, 0.15) is 0 Å². The molecule has 124 valence electrons. The van der Waals surface area contributed by atoms with E-state index in [1.54, 1.807) is 0 Å². The Morgan fingerprint density at radius 2 is 2.13 bits per heavy atom. The number of amides is 2. The van der Waals surface area contributed by atoms with Gasteiger partial charge in [0.05, 0.1) is 6.61 Å². The number of rotatable bonds is 7. The fraction of sp³-hybridized carbons (Fsp3) is 0.529. The maximum absolute atomic E-state index is 11.7. The summed E-state index contributed by atoms with van der Waals surface area (Å²) in [6, 6.07) is 2.04. The van der Waals surface area contributed by atoms with Gasteiger partial charge in [0, 0.05) is 30.3 Å². The van der Waals surface area contributed by atoms with Crippen molar-refractivity contribution in [1.29, 1.82) is 0 Å². The Kier molecular flexibility index (Phi) is 5.98. The van der Waals surface area contributed by atoms with Crippen molar-refractivity contribution in [3.63, 3.8) is 0 Å². The highest BCUT2D eigenvalue weighted by Crippen LogP contribution is 2.32. The molecule has 0 aromatic heterocycles. The molecule has 0 saturated carbocycles. The third-order valence-electron chi connectivity index (χ3n) is 4.18. The first-order chi connectivity index (χ1) is 11.1. The van der Waals surface area contributed by atoms with Crippen molar-refractivity contribution < 1.29 is 14.3 Å². The molecule has 23 heavy (non-hydrogen) atoms. The first-order valence-corrected chi connectivity index (χ1v) is 7.94. The van der Waals surface area contributed by atoms with Crippen molar-refractivity contribution in [3.8, 4) is 0 Å². The van der Waals surface area contributed by atoms with Crippen molar-refractivity contribution in [3.05, 3.63) is 33.2 Å². The molecular formula is C17H22N2O4. The number of carbonyl (C=O) groups is 2. The first-order valence-electron chi connectivity index (χ1n) is 7.94. The van der Waals surface area contributed by atoms with Crippen molar-refractivity contribution in [2.24, 2.45) is 5.18 Å². The minimum Gasteiger partial charge on any atom is -0.381 e. The quantitative estimate of drug-likeness (QED) is 0.619. The Morgan fingerprint density at radius 1 is 1.35 bits per heavy atom. The number of hydrogen-bond acceptors (Lipinski definition) is 4. The van der Waals surface area contributed by atoms with E-state index in [4.69, 9.17) is 4.74 Å². The van der Waals surface area contributed by atoms with Crippen LogP contribution in [0.1, 0.15) is 42.0 Å². The van der Waals surface area contributed by atoms with Gasteiger partial charge in [-0.15, -0.1) is 4.91 Å². The van der Waals surface area contributed by atoms with Crippen LogP contribution in [-0.4, -0.2) is 25.0 Å². The maximum atomic E-state index is 11.7. The fourth-order valence-electron chi connectivity index (χ4n) is 3.00. The Labute approximate surface area is 135 Å². The van der Waals surface area contributed by atoms with E-state index in [1.807, 2.05) is 19.9 Å². The molecule has 0 atom stereocenters. The van der Waals surface area contributed by atoms with Crippen LogP contribution in [0.15, 0.2) is 11.2 Å². The number of aryl methyl sites for hydroxylation is 2. The second-order valence-electron chi connectivity index (χ2n) is 5.65. The highest BCUT2D eigenvalue weighted by molar-refractivity contribution is 5.95. The first kappa shape index (κ1) is 17.3. The molecule has 0 spiro atoms. The van der Waals surface area contributed by atoms with E-state index in [0.717, 1.165) is 27.9 Å². The van der Waals surface area contributed by atoms with Crippen LogP contribution < -0.4 is 5.32 Å². The average Bonchev–Trinajstić information content (AvgIpc) is 2.55. The average molecular weight is 318 g/mol. The largest absolute Gasteiger partial charge is 0.381 e. The molecule has 0 unspecified atom stereocenters. The van der Waals surface area contributed by atoms with Gasteiger partial charge in [-0.25, -0.2) is 0 Å². The lowest BCUT2D eigenvalue weighted by Crippen LogP contribution is -2.21. The lowest BCUT2D eigenvalue weighted by atomic mass is 9.88. The number of carbonyl (C=O) groups excluding carboxylic acids is 2. The van der Waals surface area contributed by atoms with E-state index < -0.39 is 5.91 Å². The van der Waals surface area contributed by atoms with Gasteiger partial charge >= 0.3 is 0 Å². The SMILES string of the molecule is CCOCCc1c(CCC(=O)N=O)cc2c(c1C)NC(=O)CC2. The second kappa shape index (κ2) is 7.97. The fourth-order valence-corrected chi connectivity index (χ4v) is 3.00. The zero-order valence-electron chi connectivity index (χ0n) is 13.6. The van der Waals surface area contributed by atoms with E-state index in [0.29, 0.717) is 38.9 Å². The lowest BCUT2D eigenvalue weighted by molar-refractivity contribution is -0.118. The predicted molar refractivity (Wildman–Crippen MR) is 87.4 cm³/mol. The van der Waals surface area contributed by atoms with Crippen molar-refractivity contribution in [2.45, 2.75) is 46.0 Å². The molecule has 1 N–H and O–H groups in total. The summed E-state index contributed by atoms with van der Waals surface area (Å²) in [4.78, 5) is 33.2. The maximum Gasteiger partial charge on any atom is 0.286 e. The highest BCUT2D eigenvalue weighted by atomic mass is 16.5. The molecule has 1 aliphatic heterocycles. The molecule has 6 nitrogen and oxygen atoms in total. The molecule has 0 fully saturated rings. The van der Waals surface area contributed by atoms with E-state index in [2.05, 4.69) is 10.5 Å². The summed E-state index contributed by atoms with van der Waals surface area (Å²) in [6.07, 6.45) is 2.46. The van der Waals surface area contributed by atoms with Crippen LogP contribution in [-0.2, 0) is 33.6 Å². The van der Waals surface area contributed by atoms with Gasteiger partial charge in [0.15, 0.2) is 0 Å². The molecule has 2 rings (SSSR count). The summed E-state index contributed by atoms with van der Waals surface area (Å²) in [5.41, 5.74) is 5.11. The highest BCUT2D eigenvalue weighted by Gasteiger charge is 2.21. The third-order valence-corrected chi connectivity index (χ3v) is 4.18. The van der Waals surface area contributed by atoms with E-state index >= 15 is 0 Å². The molecule has 2 amide bonds. The molecule has 1 aromatic carbocycles. The van der Waals surface area contributed by atoms with Gasteiger partial charge in [-0.3, -0.25) is 9.59 Å². The normalized spacial score (nSPS) is 13.4. The topological polar surface area (TPSA) is 84.8 Å². The van der Waals surface area contributed by atoms with Crippen molar-refractivity contribution in [1.82, 2.24) is 0 Å². The number of benzene rings is 1. The Balaban J connectivity index is 2.33. The summed E-state index contributed by atoms with van der Waals surface area (Å²) in [6.45, 7) is 5.14. The Morgan fingerprint density at radius 3 is 2.83 bits per heavy atom. The van der Waals surface area contributed by atoms with Gasteiger partial charge in [-0.1, -0.05) is 6.07 Å². The lowest BCUT2D eigenvalue weighted by Gasteiger charge is -2.24. The summed E-state index contributed by atoms with van der Waals surface area (Å²) >= 11 is 0. The number of ether oxygens (including phenoxy) is 1. The molecule has 1 heterocycles. The molecular weight excluding hydrogens is 296 g/mol. The van der Waals surface area contributed by atoms with Crippen molar-refractivity contribution >= 4 is 17.5 Å². The zero-order chi connectivity index (χ0) is 16.8. The molecule has 1 aliphatic rings. The van der Waals surface area contributed by atoms with E-state index in [1.165, 1.54) is 0 Å².